The van der Waals surface area contributed by atoms with Gasteiger partial charge in [-0.15, -0.1) is 11.3 Å². The zero-order valence-corrected chi connectivity index (χ0v) is 12.5. The number of ether oxygens (including phenoxy) is 1. The fourth-order valence-corrected chi connectivity index (χ4v) is 3.03. The molecule has 0 radical (unpaired) electrons. The molecule has 2 rings (SSSR count). The Morgan fingerprint density at radius 2 is 2.45 bits per heavy atom. The summed E-state index contributed by atoms with van der Waals surface area (Å²) in [6.45, 7) is 4.68. The van der Waals surface area contributed by atoms with Gasteiger partial charge in [-0.1, -0.05) is 11.8 Å². The lowest BCUT2D eigenvalue weighted by molar-refractivity contribution is 0.0869. The molecule has 1 saturated heterocycles. The molecule has 2 N–H and O–H groups in total. The summed E-state index contributed by atoms with van der Waals surface area (Å²) in [5, 5.41) is 11.7. The minimum atomic E-state index is -0.0596. The van der Waals surface area contributed by atoms with E-state index in [9.17, 15) is 4.79 Å². The maximum atomic E-state index is 12.2. The molecular formula is C15H19NO3S. The summed E-state index contributed by atoms with van der Waals surface area (Å²) in [7, 11) is 0. The number of carbonyl (C=O) groups excluding carboxylic acids is 1. The molecule has 1 aliphatic rings. The van der Waals surface area contributed by atoms with E-state index in [1.165, 1.54) is 11.3 Å². The fourth-order valence-electron chi connectivity index (χ4n) is 2.08. The molecule has 2 heterocycles. The van der Waals surface area contributed by atoms with Crippen molar-refractivity contribution < 1.29 is 14.6 Å². The second-order valence-corrected chi connectivity index (χ2v) is 5.89. The number of aliphatic hydroxyl groups excluding tert-OH is 1. The van der Waals surface area contributed by atoms with E-state index in [4.69, 9.17) is 9.84 Å². The van der Waals surface area contributed by atoms with Gasteiger partial charge in [-0.25, -0.2) is 0 Å². The van der Waals surface area contributed by atoms with Crippen molar-refractivity contribution >= 4 is 17.2 Å². The second-order valence-electron chi connectivity index (χ2n) is 4.84. The molecule has 1 aromatic heterocycles. The molecule has 0 aromatic carbocycles. The summed E-state index contributed by atoms with van der Waals surface area (Å²) < 4.78 is 5.44. The SMILES string of the molecule is Cc1cc(C(=O)NC2CCOC2C)sc1C#CCCO. The predicted molar refractivity (Wildman–Crippen MR) is 78.9 cm³/mol. The molecule has 0 aliphatic carbocycles. The normalized spacial score (nSPS) is 21.4. The first-order valence-electron chi connectivity index (χ1n) is 6.74. The number of hydrogen-bond donors (Lipinski definition) is 2. The third-order valence-corrected chi connectivity index (χ3v) is 4.42. The number of thiophene rings is 1. The lowest BCUT2D eigenvalue weighted by atomic mass is 10.1. The van der Waals surface area contributed by atoms with Gasteiger partial charge in [0.2, 0.25) is 0 Å². The number of nitrogens with one attached hydrogen (secondary N) is 1. The minimum absolute atomic E-state index is 0.0596. The number of amides is 1. The van der Waals surface area contributed by atoms with Gasteiger partial charge in [-0.05, 0) is 31.9 Å². The summed E-state index contributed by atoms with van der Waals surface area (Å²) >= 11 is 1.39. The van der Waals surface area contributed by atoms with Crippen LogP contribution in [0.5, 0.6) is 0 Å². The van der Waals surface area contributed by atoms with E-state index < -0.39 is 0 Å². The maximum absolute atomic E-state index is 12.2. The number of carbonyl (C=O) groups is 1. The first-order chi connectivity index (χ1) is 9.61. The average Bonchev–Trinajstić information content (AvgIpc) is 2.98. The Morgan fingerprint density at radius 1 is 1.65 bits per heavy atom. The standard InChI is InChI=1S/C15H19NO3S/c1-10-9-14(20-13(10)5-3-4-7-17)15(18)16-12-6-8-19-11(12)2/h9,11-12,17H,4,6-8H2,1-2H3,(H,16,18). The largest absolute Gasteiger partial charge is 0.395 e. The molecular weight excluding hydrogens is 274 g/mol. The molecule has 1 aromatic rings. The highest BCUT2D eigenvalue weighted by molar-refractivity contribution is 7.14. The van der Waals surface area contributed by atoms with E-state index in [0.29, 0.717) is 17.9 Å². The smallest absolute Gasteiger partial charge is 0.261 e. The minimum Gasteiger partial charge on any atom is -0.395 e. The number of aliphatic hydroxyl groups is 1. The molecule has 1 amide bonds. The molecule has 2 atom stereocenters. The summed E-state index contributed by atoms with van der Waals surface area (Å²) in [4.78, 5) is 13.8. The molecule has 2 unspecified atom stereocenters. The van der Waals surface area contributed by atoms with Gasteiger partial charge in [-0.2, -0.15) is 0 Å². The topological polar surface area (TPSA) is 58.6 Å². The number of hydrogen-bond acceptors (Lipinski definition) is 4. The van der Waals surface area contributed by atoms with Crippen LogP contribution in [0.15, 0.2) is 6.07 Å². The molecule has 108 valence electrons. The summed E-state index contributed by atoms with van der Waals surface area (Å²) in [6, 6.07) is 1.96. The number of aryl methyl sites for hydroxylation is 1. The summed E-state index contributed by atoms with van der Waals surface area (Å²) in [5.41, 5.74) is 1.00. The molecule has 0 spiro atoms. The third-order valence-electron chi connectivity index (χ3n) is 3.27. The van der Waals surface area contributed by atoms with Crippen molar-refractivity contribution in [3.05, 3.63) is 21.4 Å². The lowest BCUT2D eigenvalue weighted by Crippen LogP contribution is -2.38. The molecule has 0 bridgehead atoms. The van der Waals surface area contributed by atoms with E-state index in [1.807, 2.05) is 19.9 Å². The van der Waals surface area contributed by atoms with Crippen LogP contribution in [-0.4, -0.2) is 36.4 Å². The Morgan fingerprint density at radius 3 is 3.10 bits per heavy atom. The van der Waals surface area contributed by atoms with Gasteiger partial charge in [0.1, 0.15) is 0 Å². The molecule has 0 saturated carbocycles. The van der Waals surface area contributed by atoms with Gasteiger partial charge < -0.3 is 15.2 Å². The quantitative estimate of drug-likeness (QED) is 0.834. The second kappa shape index (κ2) is 6.89. The molecule has 1 fully saturated rings. The van der Waals surface area contributed by atoms with Crippen LogP contribution in [0.25, 0.3) is 0 Å². The predicted octanol–water partition coefficient (Wildman–Crippen LogP) is 1.70. The van der Waals surface area contributed by atoms with Gasteiger partial charge in [0.25, 0.3) is 5.91 Å². The van der Waals surface area contributed by atoms with Crippen molar-refractivity contribution in [3.63, 3.8) is 0 Å². The molecule has 5 heteroatoms. The first-order valence-corrected chi connectivity index (χ1v) is 7.56. The van der Waals surface area contributed by atoms with E-state index in [1.54, 1.807) is 0 Å². The zero-order valence-electron chi connectivity index (χ0n) is 11.7. The van der Waals surface area contributed by atoms with Crippen LogP contribution < -0.4 is 5.32 Å². The van der Waals surface area contributed by atoms with E-state index in [0.717, 1.165) is 16.9 Å². The highest BCUT2D eigenvalue weighted by Crippen LogP contribution is 2.22. The van der Waals surface area contributed by atoms with Crippen LogP contribution in [-0.2, 0) is 4.74 Å². The van der Waals surface area contributed by atoms with Crippen LogP contribution in [0.4, 0.5) is 0 Å². The first kappa shape index (κ1) is 15.0. The zero-order chi connectivity index (χ0) is 14.5. The van der Waals surface area contributed by atoms with Crippen molar-refractivity contribution in [1.82, 2.24) is 5.32 Å². The Bertz CT molecular complexity index is 541. The van der Waals surface area contributed by atoms with Crippen molar-refractivity contribution in [2.24, 2.45) is 0 Å². The lowest BCUT2D eigenvalue weighted by Gasteiger charge is -2.15. The van der Waals surface area contributed by atoms with Gasteiger partial charge in [0, 0.05) is 13.0 Å². The highest BCUT2D eigenvalue weighted by atomic mass is 32.1. The molecule has 1 aliphatic heterocycles. The summed E-state index contributed by atoms with van der Waals surface area (Å²) in [5.74, 6) is 5.82. The van der Waals surface area contributed by atoms with Crippen molar-refractivity contribution in [2.45, 2.75) is 38.8 Å². The molecule has 20 heavy (non-hydrogen) atoms. The van der Waals surface area contributed by atoms with E-state index in [-0.39, 0.29) is 24.7 Å². The van der Waals surface area contributed by atoms with Crippen LogP contribution in [0.3, 0.4) is 0 Å². The van der Waals surface area contributed by atoms with Crippen LogP contribution in [0.1, 0.15) is 39.9 Å². The van der Waals surface area contributed by atoms with Crippen LogP contribution >= 0.6 is 11.3 Å². The summed E-state index contributed by atoms with van der Waals surface area (Å²) in [6.07, 6.45) is 1.39. The van der Waals surface area contributed by atoms with Crippen LogP contribution in [0.2, 0.25) is 0 Å². The average molecular weight is 293 g/mol. The monoisotopic (exact) mass is 293 g/mol. The van der Waals surface area contributed by atoms with Crippen molar-refractivity contribution in [1.29, 1.82) is 0 Å². The van der Waals surface area contributed by atoms with Gasteiger partial charge >= 0.3 is 0 Å². The van der Waals surface area contributed by atoms with Crippen LogP contribution in [0, 0.1) is 18.8 Å². The van der Waals surface area contributed by atoms with E-state index >= 15 is 0 Å². The third kappa shape index (κ3) is 3.60. The Hall–Kier alpha value is -1.35. The number of rotatable bonds is 3. The molecule has 4 nitrogen and oxygen atoms in total. The Labute approximate surface area is 123 Å². The van der Waals surface area contributed by atoms with E-state index in [2.05, 4.69) is 17.2 Å². The Kier molecular flexibility index (Phi) is 5.18. The van der Waals surface area contributed by atoms with Gasteiger partial charge in [0.05, 0.1) is 28.5 Å². The van der Waals surface area contributed by atoms with Crippen molar-refractivity contribution in [2.75, 3.05) is 13.2 Å². The fraction of sp³-hybridized carbons (Fsp3) is 0.533. The van der Waals surface area contributed by atoms with Gasteiger partial charge in [-0.3, -0.25) is 4.79 Å². The highest BCUT2D eigenvalue weighted by Gasteiger charge is 2.26. The van der Waals surface area contributed by atoms with Gasteiger partial charge in [0.15, 0.2) is 0 Å². The maximum Gasteiger partial charge on any atom is 0.261 e. The van der Waals surface area contributed by atoms with Crippen molar-refractivity contribution in [3.8, 4) is 11.8 Å². The Balaban J connectivity index is 2.04.